The molecule has 0 atom stereocenters. The minimum Gasteiger partial charge on any atom is -0.495 e. The first-order chi connectivity index (χ1) is 8.52. The number of hydrogen-bond acceptors (Lipinski definition) is 4. The second kappa shape index (κ2) is 6.86. The minimum absolute atomic E-state index is 0.125. The predicted octanol–water partition coefficient (Wildman–Crippen LogP) is 2.03. The molecule has 0 fully saturated rings. The van der Waals surface area contributed by atoms with Crippen molar-refractivity contribution in [1.82, 2.24) is 0 Å². The van der Waals surface area contributed by atoms with Crippen molar-refractivity contribution < 1.29 is 14.3 Å². The van der Waals surface area contributed by atoms with Gasteiger partial charge in [-0.05, 0) is 32.0 Å². The molecule has 1 aromatic rings. The number of nitrogens with one attached hydrogen (secondary N) is 1. The van der Waals surface area contributed by atoms with E-state index in [4.69, 9.17) is 15.2 Å². The molecular formula is C13H20N2O3. The quantitative estimate of drug-likeness (QED) is 0.760. The Morgan fingerprint density at radius 3 is 2.78 bits per heavy atom. The van der Waals surface area contributed by atoms with Crippen LogP contribution in [-0.4, -0.2) is 25.7 Å². The summed E-state index contributed by atoms with van der Waals surface area (Å²) in [6, 6.07) is 5.10. The third kappa shape index (κ3) is 4.63. The van der Waals surface area contributed by atoms with Crippen LogP contribution in [0.4, 0.5) is 11.4 Å². The zero-order valence-corrected chi connectivity index (χ0v) is 11.0. The number of nitrogens with two attached hydrogens (primary N) is 1. The predicted molar refractivity (Wildman–Crippen MR) is 71.7 cm³/mol. The number of anilines is 2. The zero-order chi connectivity index (χ0) is 13.5. The molecule has 0 saturated carbocycles. The summed E-state index contributed by atoms with van der Waals surface area (Å²) < 4.78 is 10.5. The number of benzene rings is 1. The van der Waals surface area contributed by atoms with E-state index in [0.717, 1.165) is 0 Å². The average molecular weight is 252 g/mol. The average Bonchev–Trinajstić information content (AvgIpc) is 2.28. The molecule has 0 aliphatic carbocycles. The fourth-order valence-electron chi connectivity index (χ4n) is 1.42. The molecule has 100 valence electrons. The van der Waals surface area contributed by atoms with Crippen molar-refractivity contribution in [3.05, 3.63) is 18.2 Å². The topological polar surface area (TPSA) is 73.6 Å². The molecule has 0 spiro atoms. The molecule has 0 unspecified atom stereocenters. The number of hydrogen-bond donors (Lipinski definition) is 2. The molecule has 3 N–H and O–H groups in total. The summed E-state index contributed by atoms with van der Waals surface area (Å²) in [6.45, 7) is 4.26. The van der Waals surface area contributed by atoms with E-state index in [9.17, 15) is 4.79 Å². The highest BCUT2D eigenvalue weighted by atomic mass is 16.5. The molecule has 5 nitrogen and oxygen atoms in total. The molecule has 0 radical (unpaired) electrons. The van der Waals surface area contributed by atoms with Crippen molar-refractivity contribution in [2.45, 2.75) is 26.4 Å². The Hall–Kier alpha value is -1.75. The van der Waals surface area contributed by atoms with Gasteiger partial charge in [0, 0.05) is 5.69 Å². The number of methoxy groups -OCH3 is 1. The van der Waals surface area contributed by atoms with Crippen LogP contribution in [0.3, 0.4) is 0 Å². The van der Waals surface area contributed by atoms with Gasteiger partial charge in [-0.15, -0.1) is 0 Å². The summed E-state index contributed by atoms with van der Waals surface area (Å²) in [4.78, 5) is 11.7. The molecule has 0 heterocycles. The van der Waals surface area contributed by atoms with E-state index in [1.54, 1.807) is 25.3 Å². The largest absolute Gasteiger partial charge is 0.495 e. The van der Waals surface area contributed by atoms with Crippen molar-refractivity contribution in [2.24, 2.45) is 0 Å². The van der Waals surface area contributed by atoms with Gasteiger partial charge < -0.3 is 20.5 Å². The first-order valence-corrected chi connectivity index (χ1v) is 5.88. The van der Waals surface area contributed by atoms with E-state index in [0.29, 0.717) is 30.2 Å². The van der Waals surface area contributed by atoms with E-state index in [2.05, 4.69) is 5.32 Å². The SMILES string of the molecule is COc1ccc(N)cc1NC(=O)CCOC(C)C. The van der Waals surface area contributed by atoms with Crippen LogP contribution in [0.15, 0.2) is 18.2 Å². The van der Waals surface area contributed by atoms with Gasteiger partial charge in [-0.2, -0.15) is 0 Å². The summed E-state index contributed by atoms with van der Waals surface area (Å²) in [5.74, 6) is 0.460. The molecule has 1 amide bonds. The third-order valence-electron chi connectivity index (χ3n) is 2.28. The van der Waals surface area contributed by atoms with Crippen molar-refractivity contribution in [3.63, 3.8) is 0 Å². The number of amides is 1. The Kier molecular flexibility index (Phi) is 5.45. The smallest absolute Gasteiger partial charge is 0.226 e. The lowest BCUT2D eigenvalue weighted by Gasteiger charge is -2.11. The normalized spacial score (nSPS) is 10.4. The van der Waals surface area contributed by atoms with Crippen LogP contribution in [0.25, 0.3) is 0 Å². The molecule has 0 saturated heterocycles. The molecule has 1 aromatic carbocycles. The third-order valence-corrected chi connectivity index (χ3v) is 2.28. The van der Waals surface area contributed by atoms with Gasteiger partial charge in [-0.25, -0.2) is 0 Å². The Labute approximate surface area is 107 Å². The van der Waals surface area contributed by atoms with E-state index in [1.165, 1.54) is 0 Å². The number of ether oxygens (including phenoxy) is 2. The number of nitrogen functional groups attached to an aromatic ring is 1. The van der Waals surface area contributed by atoms with Crippen LogP contribution in [0.5, 0.6) is 5.75 Å². The zero-order valence-electron chi connectivity index (χ0n) is 11.0. The van der Waals surface area contributed by atoms with E-state index in [1.807, 2.05) is 13.8 Å². The highest BCUT2D eigenvalue weighted by Gasteiger charge is 2.08. The summed E-state index contributed by atoms with van der Waals surface area (Å²) in [5.41, 5.74) is 6.82. The lowest BCUT2D eigenvalue weighted by atomic mass is 10.2. The molecule has 1 rings (SSSR count). The summed E-state index contributed by atoms with van der Waals surface area (Å²) in [5, 5.41) is 2.75. The fraction of sp³-hybridized carbons (Fsp3) is 0.462. The van der Waals surface area contributed by atoms with Gasteiger partial charge >= 0.3 is 0 Å². The van der Waals surface area contributed by atoms with E-state index < -0.39 is 0 Å². The lowest BCUT2D eigenvalue weighted by Crippen LogP contribution is -2.16. The molecule has 0 aromatic heterocycles. The number of carbonyl (C=O) groups excluding carboxylic acids is 1. The van der Waals surface area contributed by atoms with E-state index in [-0.39, 0.29) is 12.0 Å². The molecular weight excluding hydrogens is 232 g/mol. The summed E-state index contributed by atoms with van der Waals surface area (Å²) in [7, 11) is 1.54. The monoisotopic (exact) mass is 252 g/mol. The summed E-state index contributed by atoms with van der Waals surface area (Å²) >= 11 is 0. The van der Waals surface area contributed by atoms with Crippen LogP contribution in [-0.2, 0) is 9.53 Å². The van der Waals surface area contributed by atoms with Crippen molar-refractivity contribution in [2.75, 3.05) is 24.8 Å². The summed E-state index contributed by atoms with van der Waals surface area (Å²) in [6.07, 6.45) is 0.426. The molecule has 0 aliphatic rings. The minimum atomic E-state index is -0.125. The van der Waals surface area contributed by atoms with Crippen molar-refractivity contribution >= 4 is 17.3 Å². The van der Waals surface area contributed by atoms with Gasteiger partial charge in [0.25, 0.3) is 0 Å². The second-order valence-electron chi connectivity index (χ2n) is 4.18. The molecule has 0 aliphatic heterocycles. The van der Waals surface area contributed by atoms with Crippen LogP contribution < -0.4 is 15.8 Å². The van der Waals surface area contributed by atoms with Crippen LogP contribution in [0.1, 0.15) is 20.3 Å². The number of carbonyl (C=O) groups is 1. The first kappa shape index (κ1) is 14.3. The van der Waals surface area contributed by atoms with Gasteiger partial charge in [-0.1, -0.05) is 0 Å². The highest BCUT2D eigenvalue weighted by Crippen LogP contribution is 2.26. The fourth-order valence-corrected chi connectivity index (χ4v) is 1.42. The van der Waals surface area contributed by atoms with Crippen molar-refractivity contribution in [3.8, 4) is 5.75 Å². The highest BCUT2D eigenvalue weighted by molar-refractivity contribution is 5.92. The number of rotatable bonds is 6. The Morgan fingerprint density at radius 2 is 2.17 bits per heavy atom. The first-order valence-electron chi connectivity index (χ1n) is 5.88. The van der Waals surface area contributed by atoms with E-state index >= 15 is 0 Å². The Balaban J connectivity index is 2.55. The van der Waals surface area contributed by atoms with Gasteiger partial charge in [0.1, 0.15) is 5.75 Å². The van der Waals surface area contributed by atoms with Crippen LogP contribution >= 0.6 is 0 Å². The Bertz CT molecular complexity index is 405. The van der Waals surface area contributed by atoms with Crippen molar-refractivity contribution in [1.29, 1.82) is 0 Å². The maximum Gasteiger partial charge on any atom is 0.226 e. The molecule has 18 heavy (non-hydrogen) atoms. The second-order valence-corrected chi connectivity index (χ2v) is 4.18. The Morgan fingerprint density at radius 1 is 1.44 bits per heavy atom. The van der Waals surface area contributed by atoms with Crippen LogP contribution in [0.2, 0.25) is 0 Å². The van der Waals surface area contributed by atoms with Gasteiger partial charge in [0.15, 0.2) is 0 Å². The maximum absolute atomic E-state index is 11.7. The standard InChI is InChI=1S/C13H20N2O3/c1-9(2)18-7-6-13(16)15-11-8-10(14)4-5-12(11)17-3/h4-5,8-9H,6-7,14H2,1-3H3,(H,15,16). The van der Waals surface area contributed by atoms with Crippen LogP contribution in [0, 0.1) is 0 Å². The molecule has 0 bridgehead atoms. The van der Waals surface area contributed by atoms with Gasteiger partial charge in [0.2, 0.25) is 5.91 Å². The molecule has 5 heteroatoms. The van der Waals surface area contributed by atoms with Gasteiger partial charge in [0.05, 0.1) is 31.9 Å². The maximum atomic E-state index is 11.7. The lowest BCUT2D eigenvalue weighted by molar-refractivity contribution is -0.117. The van der Waals surface area contributed by atoms with Gasteiger partial charge in [-0.3, -0.25) is 4.79 Å².